The van der Waals surface area contributed by atoms with Crippen molar-refractivity contribution >= 4 is 11.6 Å². The van der Waals surface area contributed by atoms with E-state index in [2.05, 4.69) is 11.9 Å². The largest absolute Gasteiger partial charge is 0.399 e. The summed E-state index contributed by atoms with van der Waals surface area (Å²) in [5.41, 5.74) is 7.47. The molecular formula is C14H20N2O. The molecule has 3 N–H and O–H groups in total. The topological polar surface area (TPSA) is 55.1 Å². The molecule has 0 aromatic heterocycles. The quantitative estimate of drug-likeness (QED) is 0.584. The fourth-order valence-electron chi connectivity index (χ4n) is 1.60. The predicted octanol–water partition coefficient (Wildman–Crippen LogP) is 2.28. The van der Waals surface area contributed by atoms with Gasteiger partial charge in [0.05, 0.1) is 0 Å². The lowest BCUT2D eigenvalue weighted by molar-refractivity contribution is -0.121. The second kappa shape index (κ2) is 6.74. The van der Waals surface area contributed by atoms with Crippen LogP contribution in [0.3, 0.4) is 0 Å². The molecular weight excluding hydrogens is 212 g/mol. The maximum Gasteiger partial charge on any atom is 0.220 e. The van der Waals surface area contributed by atoms with Crippen LogP contribution in [0.15, 0.2) is 36.9 Å². The zero-order valence-electron chi connectivity index (χ0n) is 10.3. The molecule has 0 saturated heterocycles. The Morgan fingerprint density at radius 2 is 2.12 bits per heavy atom. The molecule has 0 fully saturated rings. The number of nitrogens with one attached hydrogen (secondary N) is 1. The Kier molecular flexibility index (Phi) is 5.27. The summed E-state index contributed by atoms with van der Waals surface area (Å²) in [5, 5.41) is 2.93. The number of amides is 1. The van der Waals surface area contributed by atoms with Crippen LogP contribution in [0.25, 0.3) is 0 Å². The summed E-state index contributed by atoms with van der Waals surface area (Å²) in [6.07, 6.45) is 3.86. The van der Waals surface area contributed by atoms with Gasteiger partial charge in [0.1, 0.15) is 0 Å². The lowest BCUT2D eigenvalue weighted by atomic mass is 10.1. The highest BCUT2D eigenvalue weighted by Crippen LogP contribution is 2.07. The SMILES string of the molecule is C=CCC(C)NC(=O)CCc1ccc(N)cc1. The summed E-state index contributed by atoms with van der Waals surface area (Å²) in [7, 11) is 0. The monoisotopic (exact) mass is 232 g/mol. The third-order valence-corrected chi connectivity index (χ3v) is 2.55. The maximum atomic E-state index is 11.6. The predicted molar refractivity (Wildman–Crippen MR) is 71.6 cm³/mol. The number of nitrogen functional groups attached to an aromatic ring is 1. The zero-order chi connectivity index (χ0) is 12.7. The van der Waals surface area contributed by atoms with Crippen LogP contribution in [-0.4, -0.2) is 11.9 Å². The molecule has 1 aromatic carbocycles. The van der Waals surface area contributed by atoms with Crippen molar-refractivity contribution in [2.24, 2.45) is 0 Å². The van der Waals surface area contributed by atoms with E-state index < -0.39 is 0 Å². The first-order chi connectivity index (χ1) is 8.11. The van der Waals surface area contributed by atoms with Crippen molar-refractivity contribution in [3.63, 3.8) is 0 Å². The number of nitrogens with two attached hydrogens (primary N) is 1. The minimum absolute atomic E-state index is 0.0798. The van der Waals surface area contributed by atoms with Crippen molar-refractivity contribution in [3.8, 4) is 0 Å². The van der Waals surface area contributed by atoms with Gasteiger partial charge in [0.15, 0.2) is 0 Å². The zero-order valence-corrected chi connectivity index (χ0v) is 10.3. The maximum absolute atomic E-state index is 11.6. The first-order valence-electron chi connectivity index (χ1n) is 5.86. The minimum Gasteiger partial charge on any atom is -0.399 e. The molecule has 0 spiro atoms. The van der Waals surface area contributed by atoms with Crippen molar-refractivity contribution in [2.75, 3.05) is 5.73 Å². The molecule has 0 bridgehead atoms. The van der Waals surface area contributed by atoms with Crippen LogP contribution in [0.1, 0.15) is 25.3 Å². The Morgan fingerprint density at radius 3 is 2.71 bits per heavy atom. The van der Waals surface area contributed by atoms with E-state index in [-0.39, 0.29) is 11.9 Å². The van der Waals surface area contributed by atoms with E-state index in [1.54, 1.807) is 0 Å². The van der Waals surface area contributed by atoms with Crippen molar-refractivity contribution in [2.45, 2.75) is 32.2 Å². The number of aryl methyl sites for hydroxylation is 1. The van der Waals surface area contributed by atoms with Gasteiger partial charge in [0.25, 0.3) is 0 Å². The third-order valence-electron chi connectivity index (χ3n) is 2.55. The second-order valence-electron chi connectivity index (χ2n) is 4.23. The first-order valence-corrected chi connectivity index (χ1v) is 5.86. The molecule has 1 unspecified atom stereocenters. The van der Waals surface area contributed by atoms with Crippen LogP contribution in [-0.2, 0) is 11.2 Å². The van der Waals surface area contributed by atoms with E-state index >= 15 is 0 Å². The molecule has 1 atom stereocenters. The van der Waals surface area contributed by atoms with Gasteiger partial charge in [-0.3, -0.25) is 4.79 Å². The van der Waals surface area contributed by atoms with E-state index in [1.807, 2.05) is 37.3 Å². The second-order valence-corrected chi connectivity index (χ2v) is 4.23. The van der Waals surface area contributed by atoms with Crippen LogP contribution in [0.5, 0.6) is 0 Å². The van der Waals surface area contributed by atoms with Gasteiger partial charge in [-0.25, -0.2) is 0 Å². The highest BCUT2D eigenvalue weighted by Gasteiger charge is 2.05. The standard InChI is InChI=1S/C14H20N2O/c1-3-4-11(2)16-14(17)10-7-12-5-8-13(15)9-6-12/h3,5-6,8-9,11H,1,4,7,10,15H2,2H3,(H,16,17). The summed E-state index contributed by atoms with van der Waals surface area (Å²) in [5.74, 6) is 0.0798. The molecule has 92 valence electrons. The summed E-state index contributed by atoms with van der Waals surface area (Å²) < 4.78 is 0. The molecule has 3 heteroatoms. The number of benzene rings is 1. The average Bonchev–Trinajstić information content (AvgIpc) is 2.28. The van der Waals surface area contributed by atoms with Crippen LogP contribution < -0.4 is 11.1 Å². The van der Waals surface area contributed by atoms with Gasteiger partial charge in [0, 0.05) is 18.2 Å². The van der Waals surface area contributed by atoms with Gasteiger partial charge in [-0.2, -0.15) is 0 Å². The highest BCUT2D eigenvalue weighted by atomic mass is 16.1. The number of rotatable bonds is 6. The Balaban J connectivity index is 2.32. The summed E-state index contributed by atoms with van der Waals surface area (Å²) in [6, 6.07) is 7.78. The fourth-order valence-corrected chi connectivity index (χ4v) is 1.60. The number of hydrogen-bond acceptors (Lipinski definition) is 2. The molecule has 1 amide bonds. The molecule has 0 radical (unpaired) electrons. The Hall–Kier alpha value is -1.77. The van der Waals surface area contributed by atoms with Gasteiger partial charge in [-0.05, 0) is 37.5 Å². The molecule has 0 aliphatic heterocycles. The van der Waals surface area contributed by atoms with Crippen LogP contribution in [0, 0.1) is 0 Å². The van der Waals surface area contributed by atoms with Gasteiger partial charge < -0.3 is 11.1 Å². The third kappa shape index (κ3) is 5.20. The molecule has 1 rings (SSSR count). The van der Waals surface area contributed by atoms with Gasteiger partial charge in [-0.1, -0.05) is 18.2 Å². The van der Waals surface area contributed by atoms with E-state index in [0.717, 1.165) is 24.1 Å². The number of anilines is 1. The Labute approximate surface area is 103 Å². The average molecular weight is 232 g/mol. The Morgan fingerprint density at radius 1 is 1.47 bits per heavy atom. The van der Waals surface area contributed by atoms with Crippen LogP contribution >= 0.6 is 0 Å². The van der Waals surface area contributed by atoms with Crippen molar-refractivity contribution in [1.29, 1.82) is 0 Å². The molecule has 0 heterocycles. The smallest absolute Gasteiger partial charge is 0.220 e. The Bertz CT molecular complexity index is 370. The molecule has 0 saturated carbocycles. The summed E-state index contributed by atoms with van der Waals surface area (Å²) in [4.78, 5) is 11.6. The number of carbonyl (C=O) groups excluding carboxylic acids is 1. The molecule has 0 aliphatic carbocycles. The molecule has 3 nitrogen and oxygen atoms in total. The van der Waals surface area contributed by atoms with E-state index in [1.165, 1.54) is 0 Å². The molecule has 0 aliphatic rings. The lowest BCUT2D eigenvalue weighted by Gasteiger charge is -2.11. The first kappa shape index (κ1) is 13.3. The van der Waals surface area contributed by atoms with Gasteiger partial charge in [-0.15, -0.1) is 6.58 Å². The molecule has 1 aromatic rings. The molecule has 17 heavy (non-hydrogen) atoms. The van der Waals surface area contributed by atoms with Crippen molar-refractivity contribution < 1.29 is 4.79 Å². The highest BCUT2D eigenvalue weighted by molar-refractivity contribution is 5.76. The summed E-state index contributed by atoms with van der Waals surface area (Å²) in [6.45, 7) is 5.62. The van der Waals surface area contributed by atoms with E-state index in [0.29, 0.717) is 6.42 Å². The van der Waals surface area contributed by atoms with Gasteiger partial charge >= 0.3 is 0 Å². The number of hydrogen-bond donors (Lipinski definition) is 2. The van der Waals surface area contributed by atoms with Crippen LogP contribution in [0.4, 0.5) is 5.69 Å². The number of carbonyl (C=O) groups is 1. The minimum atomic E-state index is 0.0798. The van der Waals surface area contributed by atoms with Crippen molar-refractivity contribution in [1.82, 2.24) is 5.32 Å². The van der Waals surface area contributed by atoms with Gasteiger partial charge in [0.2, 0.25) is 5.91 Å². The summed E-state index contributed by atoms with van der Waals surface area (Å²) >= 11 is 0. The normalized spacial score (nSPS) is 11.8. The fraction of sp³-hybridized carbons (Fsp3) is 0.357. The van der Waals surface area contributed by atoms with E-state index in [4.69, 9.17) is 5.73 Å². The van der Waals surface area contributed by atoms with E-state index in [9.17, 15) is 4.79 Å². The lowest BCUT2D eigenvalue weighted by Crippen LogP contribution is -2.32. The van der Waals surface area contributed by atoms with Crippen molar-refractivity contribution in [3.05, 3.63) is 42.5 Å². The van der Waals surface area contributed by atoms with Crippen LogP contribution in [0.2, 0.25) is 0 Å².